The summed E-state index contributed by atoms with van der Waals surface area (Å²) in [5, 5.41) is 12.5. The minimum Gasteiger partial charge on any atom is -0.453 e. The first kappa shape index (κ1) is 23.1. The average Bonchev–Trinajstić information content (AvgIpc) is 3.14. The predicted octanol–water partition coefficient (Wildman–Crippen LogP) is 2.81. The number of aliphatic hydroxyl groups is 1. The molecule has 3 aromatic rings. The van der Waals surface area contributed by atoms with E-state index in [2.05, 4.69) is 10.3 Å². The Labute approximate surface area is 189 Å². The van der Waals surface area contributed by atoms with E-state index in [1.54, 1.807) is 10.6 Å². The van der Waals surface area contributed by atoms with E-state index in [1.165, 1.54) is 19.1 Å². The van der Waals surface area contributed by atoms with Crippen LogP contribution in [0.3, 0.4) is 0 Å². The standard InChI is InChI=1S/C23H26F2N4O4/c1-13-4-5-29-18(11-15-12-28(6-7-33-15)23(31)32-3)21(27-19(29)8-13)20-16(24)9-14(10-17(20)25)22(30)26-2/h4-5,8-10,15,22,26,30H,6-7,11-12H2,1-3H3/t15-,22?/m0/s1. The van der Waals surface area contributed by atoms with Crippen molar-refractivity contribution in [2.45, 2.75) is 25.7 Å². The number of aromatic nitrogens is 2. The predicted molar refractivity (Wildman–Crippen MR) is 117 cm³/mol. The second-order valence-corrected chi connectivity index (χ2v) is 8.00. The molecule has 4 rings (SSSR count). The number of morpholine rings is 1. The van der Waals surface area contributed by atoms with Gasteiger partial charge >= 0.3 is 6.09 Å². The third-order valence-electron chi connectivity index (χ3n) is 5.76. The van der Waals surface area contributed by atoms with E-state index in [1.807, 2.05) is 19.1 Å². The molecule has 0 aliphatic carbocycles. The van der Waals surface area contributed by atoms with Gasteiger partial charge in [0.1, 0.15) is 23.5 Å². The molecule has 0 saturated carbocycles. The second-order valence-electron chi connectivity index (χ2n) is 8.00. The van der Waals surface area contributed by atoms with Crippen LogP contribution < -0.4 is 5.32 Å². The minimum absolute atomic E-state index is 0.0711. The first-order valence-corrected chi connectivity index (χ1v) is 10.6. The van der Waals surface area contributed by atoms with Crippen molar-refractivity contribution in [2.75, 3.05) is 33.9 Å². The number of ether oxygens (including phenoxy) is 2. The molecule has 1 fully saturated rings. The Balaban J connectivity index is 1.78. The summed E-state index contributed by atoms with van der Waals surface area (Å²) in [6.07, 6.45) is 0.00709. The molecule has 176 valence electrons. The van der Waals surface area contributed by atoms with Crippen LogP contribution in [0, 0.1) is 18.6 Å². The maximum Gasteiger partial charge on any atom is 0.409 e. The normalized spacial score (nSPS) is 17.4. The summed E-state index contributed by atoms with van der Waals surface area (Å²) in [6, 6.07) is 5.89. The highest BCUT2D eigenvalue weighted by Crippen LogP contribution is 2.33. The fourth-order valence-corrected chi connectivity index (χ4v) is 4.09. The number of hydrogen-bond acceptors (Lipinski definition) is 6. The number of amides is 1. The van der Waals surface area contributed by atoms with Crippen molar-refractivity contribution in [3.63, 3.8) is 0 Å². The molecule has 33 heavy (non-hydrogen) atoms. The number of carbonyl (C=O) groups is 1. The molecule has 2 aromatic heterocycles. The minimum atomic E-state index is -1.20. The smallest absolute Gasteiger partial charge is 0.409 e. The van der Waals surface area contributed by atoms with Gasteiger partial charge in [-0.25, -0.2) is 18.6 Å². The van der Waals surface area contributed by atoms with Gasteiger partial charge in [-0.2, -0.15) is 0 Å². The van der Waals surface area contributed by atoms with E-state index < -0.39 is 30.1 Å². The Morgan fingerprint density at radius 3 is 2.76 bits per heavy atom. The summed E-state index contributed by atoms with van der Waals surface area (Å²) in [5.41, 5.74) is 1.99. The van der Waals surface area contributed by atoms with Crippen LogP contribution in [-0.2, 0) is 15.9 Å². The van der Waals surface area contributed by atoms with Crippen LogP contribution >= 0.6 is 0 Å². The van der Waals surface area contributed by atoms with Gasteiger partial charge in [0.05, 0.1) is 43.3 Å². The van der Waals surface area contributed by atoms with E-state index in [0.29, 0.717) is 24.5 Å². The lowest BCUT2D eigenvalue weighted by Gasteiger charge is -2.32. The zero-order valence-electron chi connectivity index (χ0n) is 18.6. The number of fused-ring (bicyclic) bond motifs is 1. The van der Waals surface area contributed by atoms with Gasteiger partial charge in [0.15, 0.2) is 0 Å². The number of benzene rings is 1. The highest BCUT2D eigenvalue weighted by atomic mass is 19.1. The molecule has 1 saturated heterocycles. The Bertz CT molecular complexity index is 1160. The van der Waals surface area contributed by atoms with Crippen molar-refractivity contribution in [3.05, 3.63) is 58.9 Å². The number of carbonyl (C=O) groups excluding carboxylic acids is 1. The third-order valence-corrected chi connectivity index (χ3v) is 5.76. The van der Waals surface area contributed by atoms with Crippen molar-refractivity contribution in [1.29, 1.82) is 0 Å². The SMILES string of the molecule is CNC(O)c1cc(F)c(-c2nc3cc(C)ccn3c2C[C@H]2CN(C(=O)OC)CCO2)c(F)c1. The molecule has 1 aliphatic heterocycles. The molecule has 0 spiro atoms. The van der Waals surface area contributed by atoms with Crippen LogP contribution in [0.15, 0.2) is 30.5 Å². The van der Waals surface area contributed by atoms with Gasteiger partial charge in [-0.1, -0.05) is 0 Å². The Hall–Kier alpha value is -3.08. The molecule has 1 aliphatic rings. The Kier molecular flexibility index (Phi) is 6.59. The first-order chi connectivity index (χ1) is 15.8. The quantitative estimate of drug-likeness (QED) is 0.570. The summed E-state index contributed by atoms with van der Waals surface area (Å²) in [7, 11) is 2.80. The number of halogens is 2. The van der Waals surface area contributed by atoms with Crippen LogP contribution in [0.4, 0.5) is 13.6 Å². The van der Waals surface area contributed by atoms with Crippen LogP contribution in [0.25, 0.3) is 16.9 Å². The molecule has 2 atom stereocenters. The van der Waals surface area contributed by atoms with E-state index in [0.717, 1.165) is 17.7 Å². The van der Waals surface area contributed by atoms with Crippen LogP contribution in [-0.4, -0.2) is 65.4 Å². The molecule has 0 radical (unpaired) electrons. The lowest BCUT2D eigenvalue weighted by atomic mass is 10.0. The van der Waals surface area contributed by atoms with E-state index >= 15 is 8.78 Å². The number of aryl methyl sites for hydroxylation is 1. The van der Waals surface area contributed by atoms with Crippen molar-refractivity contribution < 1.29 is 28.2 Å². The monoisotopic (exact) mass is 460 g/mol. The Morgan fingerprint density at radius 2 is 2.09 bits per heavy atom. The molecule has 1 amide bonds. The number of aliphatic hydroxyl groups excluding tert-OH is 1. The van der Waals surface area contributed by atoms with Gasteiger partial charge in [0, 0.05) is 24.7 Å². The average molecular weight is 460 g/mol. The number of nitrogens with one attached hydrogen (secondary N) is 1. The van der Waals surface area contributed by atoms with Gasteiger partial charge in [-0.3, -0.25) is 5.32 Å². The number of imidazole rings is 1. The summed E-state index contributed by atoms with van der Waals surface area (Å²) < 4.78 is 42.7. The number of hydrogen-bond donors (Lipinski definition) is 2. The summed E-state index contributed by atoms with van der Waals surface area (Å²) >= 11 is 0. The molecule has 2 N–H and O–H groups in total. The van der Waals surface area contributed by atoms with Gasteiger partial charge in [0.25, 0.3) is 0 Å². The summed E-state index contributed by atoms with van der Waals surface area (Å²) in [4.78, 5) is 18.0. The van der Waals surface area contributed by atoms with Crippen LogP contribution in [0.5, 0.6) is 0 Å². The molecule has 0 bridgehead atoms. The maximum absolute atomic E-state index is 15.1. The van der Waals surface area contributed by atoms with Gasteiger partial charge in [-0.15, -0.1) is 0 Å². The van der Waals surface area contributed by atoms with Crippen LogP contribution in [0.2, 0.25) is 0 Å². The van der Waals surface area contributed by atoms with Crippen molar-refractivity contribution in [3.8, 4) is 11.3 Å². The molecule has 1 aromatic carbocycles. The zero-order valence-corrected chi connectivity index (χ0v) is 18.6. The van der Waals surface area contributed by atoms with Crippen molar-refractivity contribution >= 4 is 11.7 Å². The van der Waals surface area contributed by atoms with Crippen molar-refractivity contribution in [2.24, 2.45) is 0 Å². The second kappa shape index (κ2) is 9.42. The molecule has 1 unspecified atom stereocenters. The number of pyridine rings is 1. The molecule has 3 heterocycles. The fraction of sp³-hybridized carbons (Fsp3) is 0.391. The summed E-state index contributed by atoms with van der Waals surface area (Å²) in [5.74, 6) is -1.66. The topological polar surface area (TPSA) is 88.3 Å². The Morgan fingerprint density at radius 1 is 1.36 bits per heavy atom. The third kappa shape index (κ3) is 4.54. The molecule has 10 heteroatoms. The first-order valence-electron chi connectivity index (χ1n) is 10.6. The van der Waals surface area contributed by atoms with Crippen LogP contribution in [0.1, 0.15) is 23.0 Å². The summed E-state index contributed by atoms with van der Waals surface area (Å²) in [6.45, 7) is 2.91. The highest BCUT2D eigenvalue weighted by molar-refractivity contribution is 5.69. The zero-order chi connectivity index (χ0) is 23.7. The molecule has 8 nitrogen and oxygen atoms in total. The van der Waals surface area contributed by atoms with E-state index in [9.17, 15) is 9.90 Å². The fourth-order valence-electron chi connectivity index (χ4n) is 4.09. The maximum atomic E-state index is 15.1. The van der Waals surface area contributed by atoms with Gasteiger partial charge in [-0.05, 0) is 43.8 Å². The van der Waals surface area contributed by atoms with Crippen molar-refractivity contribution in [1.82, 2.24) is 19.6 Å². The lowest BCUT2D eigenvalue weighted by Crippen LogP contribution is -2.46. The number of rotatable bonds is 5. The van der Waals surface area contributed by atoms with Gasteiger partial charge in [0.2, 0.25) is 0 Å². The largest absolute Gasteiger partial charge is 0.453 e. The highest BCUT2D eigenvalue weighted by Gasteiger charge is 2.29. The lowest BCUT2D eigenvalue weighted by molar-refractivity contribution is -0.0241. The number of nitrogens with zero attached hydrogens (tertiary/aromatic N) is 3. The van der Waals surface area contributed by atoms with E-state index in [-0.39, 0.29) is 29.8 Å². The molecular formula is C23H26F2N4O4. The molecular weight excluding hydrogens is 434 g/mol. The number of methoxy groups -OCH3 is 1. The van der Waals surface area contributed by atoms with E-state index in [4.69, 9.17) is 9.47 Å². The van der Waals surface area contributed by atoms with Gasteiger partial charge < -0.3 is 23.9 Å².